The number of carbonyl (C=O) groups excluding carboxylic acids is 2. The van der Waals surface area contributed by atoms with E-state index in [9.17, 15) is 9.59 Å². The third-order valence-electron chi connectivity index (χ3n) is 3.55. The fraction of sp³-hybridized carbons (Fsp3) is 0.333. The molecule has 0 aromatic heterocycles. The number of benzene rings is 2. The summed E-state index contributed by atoms with van der Waals surface area (Å²) in [5.41, 5.74) is 1.16. The molecule has 0 heterocycles. The molecule has 0 saturated heterocycles. The number of rotatable bonds is 6. The van der Waals surface area contributed by atoms with E-state index in [0.29, 0.717) is 6.42 Å². The molecule has 0 aliphatic carbocycles. The molecule has 0 unspecified atom stereocenters. The topological polar surface area (TPSA) is 64.6 Å². The van der Waals surface area contributed by atoms with Crippen molar-refractivity contribution in [2.75, 3.05) is 0 Å². The average Bonchev–Trinajstić information content (AvgIpc) is 2.60. The molecule has 1 N–H and O–H groups in total. The first kappa shape index (κ1) is 21.2. The summed E-state index contributed by atoms with van der Waals surface area (Å²) in [4.78, 5) is 24.7. The second-order valence-corrected chi connectivity index (χ2v) is 8.37. The Bertz CT molecular complexity index is 754. The molecule has 2 aromatic rings. The number of hydrogen-bond acceptors (Lipinski definition) is 4. The van der Waals surface area contributed by atoms with Gasteiger partial charge in [-0.1, -0.05) is 42.5 Å². The van der Waals surface area contributed by atoms with Gasteiger partial charge in [-0.15, -0.1) is 0 Å². The highest BCUT2D eigenvalue weighted by molar-refractivity contribution is 14.1. The van der Waals surface area contributed by atoms with E-state index < -0.39 is 23.7 Å². The van der Waals surface area contributed by atoms with Crippen molar-refractivity contribution in [2.45, 2.75) is 45.4 Å². The van der Waals surface area contributed by atoms with E-state index in [1.54, 1.807) is 20.8 Å². The van der Waals surface area contributed by atoms with Gasteiger partial charge in [-0.25, -0.2) is 9.59 Å². The highest BCUT2D eigenvalue weighted by Gasteiger charge is 2.27. The van der Waals surface area contributed by atoms with Crippen molar-refractivity contribution in [3.63, 3.8) is 0 Å². The van der Waals surface area contributed by atoms with Gasteiger partial charge in [-0.2, -0.15) is 0 Å². The highest BCUT2D eigenvalue weighted by Crippen LogP contribution is 2.13. The zero-order valence-electron chi connectivity index (χ0n) is 15.7. The summed E-state index contributed by atoms with van der Waals surface area (Å²) in [5.74, 6) is -0.488. The maximum Gasteiger partial charge on any atom is 0.408 e. The first-order valence-electron chi connectivity index (χ1n) is 8.67. The van der Waals surface area contributed by atoms with Gasteiger partial charge in [0.2, 0.25) is 0 Å². The number of ether oxygens (including phenoxy) is 2. The largest absolute Gasteiger partial charge is 0.458 e. The van der Waals surface area contributed by atoms with Crippen molar-refractivity contribution in [1.29, 1.82) is 0 Å². The smallest absolute Gasteiger partial charge is 0.408 e. The fourth-order valence-corrected chi connectivity index (χ4v) is 2.69. The van der Waals surface area contributed by atoms with Crippen LogP contribution in [0, 0.1) is 3.57 Å². The van der Waals surface area contributed by atoms with Crippen LogP contribution in [0.4, 0.5) is 4.79 Å². The second-order valence-electron chi connectivity index (χ2n) is 7.12. The Hall–Kier alpha value is -2.09. The molecular formula is C21H24INO4. The van der Waals surface area contributed by atoms with Crippen molar-refractivity contribution >= 4 is 34.7 Å². The number of carbonyl (C=O) groups is 2. The summed E-state index contributed by atoms with van der Waals surface area (Å²) < 4.78 is 11.8. The molecule has 0 fully saturated rings. The Morgan fingerprint density at radius 3 is 2.22 bits per heavy atom. The Labute approximate surface area is 173 Å². The Morgan fingerprint density at radius 2 is 1.63 bits per heavy atom. The third-order valence-corrected chi connectivity index (χ3v) is 4.27. The fourth-order valence-electron chi connectivity index (χ4n) is 2.33. The maximum absolute atomic E-state index is 12.5. The van der Waals surface area contributed by atoms with E-state index in [0.717, 1.165) is 14.7 Å². The Balaban J connectivity index is 2.02. The van der Waals surface area contributed by atoms with Crippen LogP contribution in [0.15, 0.2) is 54.6 Å². The van der Waals surface area contributed by atoms with E-state index in [4.69, 9.17) is 9.47 Å². The molecule has 0 radical (unpaired) electrons. The van der Waals surface area contributed by atoms with E-state index in [1.807, 2.05) is 54.6 Å². The first-order valence-corrected chi connectivity index (χ1v) is 9.75. The summed E-state index contributed by atoms with van der Waals surface area (Å²) >= 11 is 2.22. The molecule has 0 saturated carbocycles. The van der Waals surface area contributed by atoms with Crippen LogP contribution in [0.1, 0.15) is 31.9 Å². The quantitative estimate of drug-likeness (QED) is 0.489. The van der Waals surface area contributed by atoms with E-state index in [1.165, 1.54) is 0 Å². The lowest BCUT2D eigenvalue weighted by Crippen LogP contribution is -2.45. The molecule has 0 aliphatic heterocycles. The zero-order chi connectivity index (χ0) is 19.9. The summed E-state index contributed by atoms with van der Waals surface area (Å²) in [5, 5.41) is 2.64. The van der Waals surface area contributed by atoms with Gasteiger partial charge in [0.05, 0.1) is 0 Å². The monoisotopic (exact) mass is 481 g/mol. The van der Waals surface area contributed by atoms with E-state index in [2.05, 4.69) is 27.9 Å². The van der Waals surface area contributed by atoms with E-state index >= 15 is 0 Å². The minimum absolute atomic E-state index is 0.136. The molecule has 0 spiro atoms. The molecule has 2 aromatic carbocycles. The standard InChI is InChI=1S/C21H24INO4/c1-21(2,3)27-19(24)18(13-15-9-11-17(22)12-10-15)23-20(25)26-14-16-7-5-4-6-8-16/h4-12,18H,13-14H2,1-3H3,(H,23,25)/t18-/m0/s1. The number of esters is 1. The van der Waals surface area contributed by atoms with Gasteiger partial charge >= 0.3 is 12.1 Å². The highest BCUT2D eigenvalue weighted by atomic mass is 127. The van der Waals surface area contributed by atoms with Gasteiger partial charge < -0.3 is 14.8 Å². The Morgan fingerprint density at radius 1 is 1.00 bits per heavy atom. The van der Waals surface area contributed by atoms with Crippen molar-refractivity contribution in [3.8, 4) is 0 Å². The second kappa shape index (κ2) is 9.73. The molecule has 0 aliphatic rings. The molecule has 144 valence electrons. The molecule has 27 heavy (non-hydrogen) atoms. The lowest BCUT2D eigenvalue weighted by molar-refractivity contribution is -0.157. The lowest BCUT2D eigenvalue weighted by Gasteiger charge is -2.24. The maximum atomic E-state index is 12.5. The molecule has 0 bridgehead atoms. The Kier molecular flexibility index (Phi) is 7.65. The van der Waals surface area contributed by atoms with Crippen LogP contribution in [-0.4, -0.2) is 23.7 Å². The third kappa shape index (κ3) is 7.99. The van der Waals surface area contributed by atoms with Crippen LogP contribution in [0.5, 0.6) is 0 Å². The van der Waals surface area contributed by atoms with Crippen LogP contribution in [0.2, 0.25) is 0 Å². The lowest BCUT2D eigenvalue weighted by atomic mass is 10.1. The molecule has 6 heteroatoms. The van der Waals surface area contributed by atoms with Gasteiger partial charge in [0.25, 0.3) is 0 Å². The molecule has 5 nitrogen and oxygen atoms in total. The summed E-state index contributed by atoms with van der Waals surface area (Å²) in [6.07, 6.45) is -0.327. The number of hydrogen-bond donors (Lipinski definition) is 1. The van der Waals surface area contributed by atoms with Crippen molar-refractivity contribution in [3.05, 3.63) is 69.3 Å². The molecule has 1 amide bonds. The van der Waals surface area contributed by atoms with Crippen LogP contribution in [0.3, 0.4) is 0 Å². The summed E-state index contributed by atoms with van der Waals surface area (Å²) in [7, 11) is 0. The normalized spacial score (nSPS) is 12.1. The number of halogens is 1. The summed E-state index contributed by atoms with van der Waals surface area (Å²) in [6.45, 7) is 5.51. The van der Waals surface area contributed by atoms with Crippen LogP contribution in [-0.2, 0) is 27.3 Å². The SMILES string of the molecule is CC(C)(C)OC(=O)[C@H](Cc1ccc(I)cc1)NC(=O)OCc1ccccc1. The van der Waals surface area contributed by atoms with Crippen molar-refractivity contribution in [1.82, 2.24) is 5.32 Å². The van der Waals surface area contributed by atoms with Crippen molar-refractivity contribution in [2.24, 2.45) is 0 Å². The number of nitrogens with one attached hydrogen (secondary N) is 1. The number of alkyl carbamates (subject to hydrolysis) is 1. The minimum atomic E-state index is -0.826. The van der Waals surface area contributed by atoms with Crippen LogP contribution < -0.4 is 5.32 Å². The zero-order valence-corrected chi connectivity index (χ0v) is 17.9. The molecular weight excluding hydrogens is 457 g/mol. The van der Waals surface area contributed by atoms with Crippen LogP contribution >= 0.6 is 22.6 Å². The van der Waals surface area contributed by atoms with E-state index in [-0.39, 0.29) is 6.61 Å². The summed E-state index contributed by atoms with van der Waals surface area (Å²) in [6, 6.07) is 16.3. The average molecular weight is 481 g/mol. The van der Waals surface area contributed by atoms with Gasteiger partial charge in [0.1, 0.15) is 18.2 Å². The van der Waals surface area contributed by atoms with Gasteiger partial charge in [-0.3, -0.25) is 0 Å². The van der Waals surface area contributed by atoms with Crippen LogP contribution in [0.25, 0.3) is 0 Å². The molecule has 2 rings (SSSR count). The van der Waals surface area contributed by atoms with Gasteiger partial charge in [0.15, 0.2) is 0 Å². The van der Waals surface area contributed by atoms with Gasteiger partial charge in [-0.05, 0) is 66.6 Å². The predicted octanol–water partition coefficient (Wildman–Crippen LogP) is 4.47. The predicted molar refractivity (Wildman–Crippen MR) is 112 cm³/mol. The molecule has 1 atom stereocenters. The minimum Gasteiger partial charge on any atom is -0.458 e. The number of amides is 1. The van der Waals surface area contributed by atoms with Gasteiger partial charge in [0, 0.05) is 9.99 Å². The first-order chi connectivity index (χ1) is 12.7. The van der Waals surface area contributed by atoms with Crippen molar-refractivity contribution < 1.29 is 19.1 Å².